The minimum absolute atomic E-state index is 0.0333. The first-order chi connectivity index (χ1) is 8.79. The number of benzene rings is 1. The summed E-state index contributed by atoms with van der Waals surface area (Å²) in [5.74, 6) is -0.294. The first kappa shape index (κ1) is 15.1. The average Bonchev–Trinajstić information content (AvgIpc) is 2.27. The number of carbonyl (C=O) groups excluding carboxylic acids is 1. The Morgan fingerprint density at radius 2 is 2.11 bits per heavy atom. The van der Waals surface area contributed by atoms with E-state index in [2.05, 4.69) is 0 Å². The normalized spacial score (nSPS) is 10.1. The monoisotopic (exact) mass is 284 g/mol. The van der Waals surface area contributed by atoms with Gasteiger partial charge in [0.25, 0.3) is 0 Å². The molecule has 0 spiro atoms. The highest BCUT2D eigenvalue weighted by Gasteiger charge is 2.23. The van der Waals surface area contributed by atoms with Gasteiger partial charge in [-0.05, 0) is 25.5 Å². The van der Waals surface area contributed by atoms with E-state index in [-0.39, 0.29) is 23.3 Å². The molecule has 0 heterocycles. The number of hydrogen-bond acceptors (Lipinski definition) is 3. The largest absolute Gasteiger partial charge is 0.508 e. The number of hydrogen-bond donors (Lipinski definition) is 3. The van der Waals surface area contributed by atoms with Gasteiger partial charge in [-0.25, -0.2) is 4.79 Å². The summed E-state index contributed by atoms with van der Waals surface area (Å²) in [5.41, 5.74) is 6.48. The Hall–Kier alpha value is -1.95. The van der Waals surface area contributed by atoms with Crippen LogP contribution in [0.25, 0.3) is 0 Å². The average molecular weight is 285 g/mol. The summed E-state index contributed by atoms with van der Waals surface area (Å²) in [5, 5.41) is 17.0. The van der Waals surface area contributed by atoms with Crippen molar-refractivity contribution in [1.82, 2.24) is 4.90 Å². The van der Waals surface area contributed by atoms with E-state index in [4.69, 9.17) is 22.7 Å². The number of anilines is 1. The van der Waals surface area contributed by atoms with E-state index < -0.39 is 6.03 Å². The van der Waals surface area contributed by atoms with Gasteiger partial charge in [0, 0.05) is 19.7 Å². The van der Waals surface area contributed by atoms with Gasteiger partial charge in [-0.15, -0.1) is 0 Å². The number of amides is 2. The Morgan fingerprint density at radius 1 is 1.53 bits per heavy atom. The molecule has 1 aromatic carbocycles. The summed E-state index contributed by atoms with van der Waals surface area (Å²) in [7, 11) is 1.54. The number of nitrogens with one attached hydrogen (secondary N) is 1. The third-order valence-corrected chi connectivity index (χ3v) is 2.99. The van der Waals surface area contributed by atoms with Crippen LogP contribution in [0, 0.1) is 12.3 Å². The van der Waals surface area contributed by atoms with Crippen molar-refractivity contribution < 1.29 is 9.90 Å². The molecule has 0 aromatic heterocycles. The first-order valence-corrected chi connectivity index (χ1v) is 6.05. The number of phenols is 1. The van der Waals surface area contributed by atoms with Crippen molar-refractivity contribution in [3.63, 3.8) is 0 Å². The first-order valence-electron chi connectivity index (χ1n) is 5.68. The summed E-state index contributed by atoms with van der Waals surface area (Å²) in [6.07, 6.45) is 0. The lowest BCUT2D eigenvalue weighted by atomic mass is 10.1. The molecule has 0 fully saturated rings. The van der Waals surface area contributed by atoms with Crippen LogP contribution in [0.3, 0.4) is 0 Å². The highest BCUT2D eigenvalue weighted by molar-refractivity contribution is 6.34. The highest BCUT2D eigenvalue weighted by atomic mass is 35.5. The van der Waals surface area contributed by atoms with Gasteiger partial charge >= 0.3 is 6.03 Å². The number of nitrogens with zero attached hydrogens (tertiary/aromatic N) is 2. The van der Waals surface area contributed by atoms with E-state index >= 15 is 0 Å². The molecule has 0 unspecified atom stereocenters. The molecule has 104 valence electrons. The molecule has 0 saturated carbocycles. The van der Waals surface area contributed by atoms with E-state index in [9.17, 15) is 9.90 Å². The van der Waals surface area contributed by atoms with Crippen LogP contribution in [0.5, 0.6) is 5.75 Å². The van der Waals surface area contributed by atoms with E-state index in [1.165, 1.54) is 17.0 Å². The maximum Gasteiger partial charge on any atom is 0.331 e. The quantitative estimate of drug-likeness (QED) is 0.573. The second-order valence-electron chi connectivity index (χ2n) is 4.06. The van der Waals surface area contributed by atoms with Crippen molar-refractivity contribution in [2.75, 3.05) is 18.5 Å². The van der Waals surface area contributed by atoms with Gasteiger partial charge in [-0.2, -0.15) is 0 Å². The van der Waals surface area contributed by atoms with Gasteiger partial charge in [0.15, 0.2) is 5.96 Å². The number of urea groups is 1. The third-order valence-electron chi connectivity index (χ3n) is 2.70. The molecule has 19 heavy (non-hydrogen) atoms. The number of guanidine groups is 1. The zero-order valence-electron chi connectivity index (χ0n) is 11.1. The fraction of sp³-hybridized carbons (Fsp3) is 0.333. The van der Waals surface area contributed by atoms with Gasteiger partial charge < -0.3 is 10.8 Å². The molecular weight excluding hydrogens is 268 g/mol. The molecule has 0 atom stereocenters. The molecule has 0 radical (unpaired) electrons. The molecule has 0 aliphatic heterocycles. The van der Waals surface area contributed by atoms with Gasteiger partial charge in [0.1, 0.15) is 5.75 Å². The number of nitrogens with two attached hydrogens (primary N) is 1. The lowest BCUT2D eigenvalue weighted by molar-refractivity contribution is 0.229. The molecule has 2 amide bonds. The smallest absolute Gasteiger partial charge is 0.331 e. The van der Waals surface area contributed by atoms with E-state index in [1.54, 1.807) is 20.9 Å². The molecule has 6 nitrogen and oxygen atoms in total. The molecule has 0 bridgehead atoms. The van der Waals surface area contributed by atoms with Gasteiger partial charge in [-0.3, -0.25) is 15.2 Å². The molecular formula is C12H17ClN4O2. The number of aromatic hydroxyl groups is 1. The molecule has 4 N–H and O–H groups in total. The fourth-order valence-corrected chi connectivity index (χ4v) is 2.22. The van der Waals surface area contributed by atoms with E-state index in [0.717, 1.165) is 4.90 Å². The van der Waals surface area contributed by atoms with Crippen LogP contribution in [-0.4, -0.2) is 35.6 Å². The molecule has 0 aliphatic carbocycles. The van der Waals surface area contributed by atoms with E-state index in [1.807, 2.05) is 0 Å². The van der Waals surface area contributed by atoms with Crippen LogP contribution >= 0.6 is 11.6 Å². The number of halogens is 1. The Balaban J connectivity index is 3.17. The molecule has 7 heteroatoms. The SMILES string of the molecule is CCN(C(=N)N)C(=O)N(C)c1c(C)cc(O)cc1Cl. The Morgan fingerprint density at radius 3 is 2.53 bits per heavy atom. The summed E-state index contributed by atoms with van der Waals surface area (Å²) in [4.78, 5) is 14.6. The molecule has 0 saturated heterocycles. The highest BCUT2D eigenvalue weighted by Crippen LogP contribution is 2.33. The maximum atomic E-state index is 12.2. The summed E-state index contributed by atoms with van der Waals surface area (Å²) < 4.78 is 0. The zero-order chi connectivity index (χ0) is 14.7. The van der Waals surface area contributed by atoms with Crippen LogP contribution < -0.4 is 10.6 Å². The van der Waals surface area contributed by atoms with Crippen LogP contribution in [0.4, 0.5) is 10.5 Å². The predicted octanol–water partition coefficient (Wildman–Crippen LogP) is 2.13. The Kier molecular flexibility index (Phi) is 4.61. The van der Waals surface area contributed by atoms with Crippen LogP contribution in [-0.2, 0) is 0 Å². The number of phenolic OH excluding ortho intramolecular Hbond substituents is 1. The second-order valence-corrected chi connectivity index (χ2v) is 4.47. The molecule has 0 aliphatic rings. The standard InChI is InChI=1S/C12H17ClN4O2/c1-4-17(11(14)15)12(19)16(3)10-7(2)5-8(18)6-9(10)13/h5-6,18H,4H2,1-3H3,(H3,14,15). The predicted molar refractivity (Wildman–Crippen MR) is 75.9 cm³/mol. The fourth-order valence-electron chi connectivity index (χ4n) is 1.83. The Labute approximate surface area is 116 Å². The van der Waals surface area contributed by atoms with Crippen LogP contribution in [0.2, 0.25) is 5.02 Å². The van der Waals surface area contributed by atoms with Crippen molar-refractivity contribution >= 4 is 29.3 Å². The lowest BCUT2D eigenvalue weighted by Gasteiger charge is -2.27. The van der Waals surface area contributed by atoms with Crippen LogP contribution in [0.15, 0.2) is 12.1 Å². The van der Waals surface area contributed by atoms with Gasteiger partial charge in [0.05, 0.1) is 10.7 Å². The summed E-state index contributed by atoms with van der Waals surface area (Å²) in [6.45, 7) is 3.74. The minimum atomic E-state index is -0.453. The van der Waals surface area contributed by atoms with Crippen molar-refractivity contribution in [3.05, 3.63) is 22.7 Å². The minimum Gasteiger partial charge on any atom is -0.508 e. The number of aryl methyl sites for hydroxylation is 1. The van der Waals surface area contributed by atoms with Gasteiger partial charge in [-0.1, -0.05) is 11.6 Å². The third kappa shape index (κ3) is 3.08. The van der Waals surface area contributed by atoms with Crippen molar-refractivity contribution in [2.24, 2.45) is 5.73 Å². The van der Waals surface area contributed by atoms with Crippen molar-refractivity contribution in [2.45, 2.75) is 13.8 Å². The molecule has 1 rings (SSSR count). The van der Waals surface area contributed by atoms with Crippen molar-refractivity contribution in [3.8, 4) is 5.75 Å². The van der Waals surface area contributed by atoms with Gasteiger partial charge in [0.2, 0.25) is 0 Å². The molecule has 1 aromatic rings. The maximum absolute atomic E-state index is 12.2. The topological polar surface area (TPSA) is 93.7 Å². The summed E-state index contributed by atoms with van der Waals surface area (Å²) >= 11 is 6.04. The lowest BCUT2D eigenvalue weighted by Crippen LogP contribution is -2.47. The second kappa shape index (κ2) is 5.79. The van der Waals surface area contributed by atoms with Crippen molar-refractivity contribution in [1.29, 1.82) is 5.41 Å². The number of carbonyl (C=O) groups is 1. The van der Waals surface area contributed by atoms with Crippen LogP contribution in [0.1, 0.15) is 12.5 Å². The van der Waals surface area contributed by atoms with E-state index in [0.29, 0.717) is 11.3 Å². The number of rotatable bonds is 2. The zero-order valence-corrected chi connectivity index (χ0v) is 11.8. The Bertz CT molecular complexity index is 495. The summed E-state index contributed by atoms with van der Waals surface area (Å²) in [6, 6.07) is 2.41.